The molecule has 0 bridgehead atoms. The highest BCUT2D eigenvalue weighted by molar-refractivity contribution is 7.09. The molecule has 140 valence electrons. The van der Waals surface area contributed by atoms with Crippen molar-refractivity contribution < 1.29 is 4.74 Å². The molecule has 0 N–H and O–H groups in total. The Bertz CT molecular complexity index is 709. The molecule has 2 aromatic rings. The molecule has 2 aliphatic rings. The number of nitrogens with zero attached hydrogens (tertiary/aromatic N) is 3. The van der Waals surface area contributed by atoms with E-state index in [9.17, 15) is 0 Å². The molecular formula is C21H29N3OS. The Hall–Kier alpha value is -1.27. The third kappa shape index (κ3) is 4.17. The quantitative estimate of drug-likeness (QED) is 0.801. The zero-order valence-corrected chi connectivity index (χ0v) is 16.7. The number of rotatable bonds is 5. The van der Waals surface area contributed by atoms with Gasteiger partial charge in [0.1, 0.15) is 0 Å². The molecule has 0 saturated carbocycles. The lowest BCUT2D eigenvalue weighted by Gasteiger charge is -2.38. The van der Waals surface area contributed by atoms with Gasteiger partial charge < -0.3 is 4.74 Å². The lowest BCUT2D eigenvalue weighted by atomic mass is 9.87. The van der Waals surface area contributed by atoms with Crippen LogP contribution in [-0.2, 0) is 17.8 Å². The second kappa shape index (κ2) is 7.77. The molecule has 5 heteroatoms. The first kappa shape index (κ1) is 18.1. The predicted octanol–water partition coefficient (Wildman–Crippen LogP) is 3.71. The van der Waals surface area contributed by atoms with E-state index >= 15 is 0 Å². The van der Waals surface area contributed by atoms with Crippen LogP contribution in [0.15, 0.2) is 35.7 Å². The normalized spacial score (nSPS) is 23.1. The van der Waals surface area contributed by atoms with Gasteiger partial charge in [-0.25, -0.2) is 4.98 Å². The Morgan fingerprint density at radius 1 is 1.27 bits per heavy atom. The van der Waals surface area contributed by atoms with Crippen molar-refractivity contribution in [3.8, 4) is 0 Å². The molecule has 3 heterocycles. The van der Waals surface area contributed by atoms with Gasteiger partial charge in [0.25, 0.3) is 0 Å². The number of hydrogen-bond donors (Lipinski definition) is 0. The van der Waals surface area contributed by atoms with E-state index in [2.05, 4.69) is 64.5 Å². The fourth-order valence-corrected chi connectivity index (χ4v) is 4.88. The van der Waals surface area contributed by atoms with Crippen molar-refractivity contribution in [3.05, 3.63) is 52.0 Å². The highest BCUT2D eigenvalue weighted by atomic mass is 32.1. The van der Waals surface area contributed by atoms with Crippen molar-refractivity contribution in [2.45, 2.75) is 50.9 Å². The monoisotopic (exact) mass is 371 g/mol. The van der Waals surface area contributed by atoms with E-state index in [1.165, 1.54) is 17.7 Å². The topological polar surface area (TPSA) is 28.6 Å². The number of thiazole rings is 1. The van der Waals surface area contributed by atoms with Gasteiger partial charge in [0.05, 0.1) is 22.9 Å². The van der Waals surface area contributed by atoms with Crippen LogP contribution >= 0.6 is 11.3 Å². The standard InChI is InChI=1S/C21H29N3OS/c1-17-22-19(16-26-17)14-24-10-8-21(9-11-24)12-20(15-25-21)23(2)13-18-6-4-3-5-7-18/h3-7,16,20H,8-15H2,1-2H3/t20-/m1/s1. The second-order valence-electron chi connectivity index (χ2n) is 7.89. The van der Waals surface area contributed by atoms with E-state index in [-0.39, 0.29) is 5.60 Å². The van der Waals surface area contributed by atoms with Crippen molar-refractivity contribution in [2.24, 2.45) is 0 Å². The minimum Gasteiger partial charge on any atom is -0.373 e. The van der Waals surface area contributed by atoms with E-state index in [0.717, 1.165) is 50.6 Å². The molecule has 4 rings (SSSR count). The third-order valence-corrected chi connectivity index (χ3v) is 6.73. The van der Waals surface area contributed by atoms with Crippen LogP contribution in [0, 0.1) is 6.92 Å². The van der Waals surface area contributed by atoms with Crippen molar-refractivity contribution >= 4 is 11.3 Å². The maximum absolute atomic E-state index is 6.37. The Balaban J connectivity index is 1.28. The first-order valence-electron chi connectivity index (χ1n) is 9.63. The molecule has 0 amide bonds. The van der Waals surface area contributed by atoms with Gasteiger partial charge in [-0.05, 0) is 38.8 Å². The van der Waals surface area contributed by atoms with Crippen molar-refractivity contribution in [3.63, 3.8) is 0 Å². The zero-order chi connectivity index (χ0) is 18.0. The van der Waals surface area contributed by atoms with Gasteiger partial charge >= 0.3 is 0 Å². The summed E-state index contributed by atoms with van der Waals surface area (Å²) in [6.07, 6.45) is 3.46. The van der Waals surface area contributed by atoms with E-state index in [1.54, 1.807) is 11.3 Å². The molecular weight excluding hydrogens is 342 g/mol. The zero-order valence-electron chi connectivity index (χ0n) is 15.9. The summed E-state index contributed by atoms with van der Waals surface area (Å²) >= 11 is 1.75. The summed E-state index contributed by atoms with van der Waals surface area (Å²) in [6.45, 7) is 7.17. The summed E-state index contributed by atoms with van der Waals surface area (Å²) in [5, 5.41) is 3.36. The lowest BCUT2D eigenvalue weighted by molar-refractivity contribution is -0.0454. The van der Waals surface area contributed by atoms with Gasteiger partial charge in [-0.2, -0.15) is 0 Å². The van der Waals surface area contributed by atoms with Crippen molar-refractivity contribution in [2.75, 3.05) is 26.7 Å². The maximum Gasteiger partial charge on any atom is 0.0897 e. The molecule has 1 aromatic heterocycles. The van der Waals surface area contributed by atoms with Gasteiger partial charge in [0.2, 0.25) is 0 Å². The molecule has 1 aromatic carbocycles. The van der Waals surface area contributed by atoms with Crippen LogP contribution in [0.5, 0.6) is 0 Å². The van der Waals surface area contributed by atoms with Crippen molar-refractivity contribution in [1.82, 2.24) is 14.8 Å². The molecule has 1 spiro atoms. The summed E-state index contributed by atoms with van der Waals surface area (Å²) < 4.78 is 6.37. The smallest absolute Gasteiger partial charge is 0.0897 e. The van der Waals surface area contributed by atoms with Crippen LogP contribution in [0.3, 0.4) is 0 Å². The fourth-order valence-electron chi connectivity index (χ4n) is 4.28. The summed E-state index contributed by atoms with van der Waals surface area (Å²) in [5.74, 6) is 0. The van der Waals surface area contributed by atoms with E-state index in [4.69, 9.17) is 4.74 Å². The third-order valence-electron chi connectivity index (χ3n) is 5.91. The van der Waals surface area contributed by atoms with Gasteiger partial charge in [0, 0.05) is 37.6 Å². The van der Waals surface area contributed by atoms with Crippen molar-refractivity contribution in [1.29, 1.82) is 0 Å². The number of piperidine rings is 1. The SMILES string of the molecule is Cc1nc(CN2CCC3(CC2)C[C@@H](N(C)Cc2ccccc2)CO3)cs1. The summed E-state index contributed by atoms with van der Waals surface area (Å²) in [4.78, 5) is 9.61. The summed E-state index contributed by atoms with van der Waals surface area (Å²) in [5.41, 5.74) is 2.70. The van der Waals surface area contributed by atoms with E-state index in [0.29, 0.717) is 6.04 Å². The van der Waals surface area contributed by atoms with Crippen LogP contribution in [0.4, 0.5) is 0 Å². The average Bonchev–Trinajstić information content (AvgIpc) is 3.25. The summed E-state index contributed by atoms with van der Waals surface area (Å²) in [7, 11) is 2.24. The van der Waals surface area contributed by atoms with Gasteiger partial charge in [-0.3, -0.25) is 9.80 Å². The largest absolute Gasteiger partial charge is 0.373 e. The van der Waals surface area contributed by atoms with Crippen LogP contribution in [0.25, 0.3) is 0 Å². The number of ether oxygens (including phenoxy) is 1. The minimum atomic E-state index is 0.101. The molecule has 2 saturated heterocycles. The number of likely N-dealkylation sites (tertiary alicyclic amines) is 1. The Kier molecular flexibility index (Phi) is 5.41. The molecule has 26 heavy (non-hydrogen) atoms. The molecule has 1 atom stereocenters. The van der Waals surface area contributed by atoms with Gasteiger partial charge in [0.15, 0.2) is 0 Å². The first-order valence-corrected chi connectivity index (χ1v) is 10.5. The molecule has 2 fully saturated rings. The van der Waals surface area contributed by atoms with Crippen LogP contribution in [0.1, 0.15) is 35.5 Å². The van der Waals surface area contributed by atoms with Crippen LogP contribution in [0.2, 0.25) is 0 Å². The number of likely N-dealkylation sites (N-methyl/N-ethyl adjacent to an activating group) is 1. The Labute approximate surface area is 160 Å². The molecule has 0 radical (unpaired) electrons. The number of hydrogen-bond acceptors (Lipinski definition) is 5. The van der Waals surface area contributed by atoms with Gasteiger partial charge in [-0.15, -0.1) is 11.3 Å². The molecule has 0 aliphatic carbocycles. The van der Waals surface area contributed by atoms with E-state index < -0.39 is 0 Å². The van der Waals surface area contributed by atoms with Gasteiger partial charge in [-0.1, -0.05) is 30.3 Å². The number of aromatic nitrogens is 1. The highest BCUT2D eigenvalue weighted by Crippen LogP contribution is 2.38. The van der Waals surface area contributed by atoms with Crippen LogP contribution < -0.4 is 0 Å². The molecule has 0 unspecified atom stereocenters. The maximum atomic E-state index is 6.37. The summed E-state index contributed by atoms with van der Waals surface area (Å²) in [6, 6.07) is 11.3. The Morgan fingerprint density at radius 2 is 2.04 bits per heavy atom. The molecule has 4 nitrogen and oxygen atoms in total. The average molecular weight is 372 g/mol. The van der Waals surface area contributed by atoms with E-state index in [1.807, 2.05) is 0 Å². The molecule has 2 aliphatic heterocycles. The Morgan fingerprint density at radius 3 is 2.73 bits per heavy atom. The predicted molar refractivity (Wildman–Crippen MR) is 106 cm³/mol. The fraction of sp³-hybridized carbons (Fsp3) is 0.571. The lowest BCUT2D eigenvalue weighted by Crippen LogP contribution is -2.44. The first-order chi connectivity index (χ1) is 12.6. The minimum absolute atomic E-state index is 0.101. The number of benzene rings is 1. The number of aryl methyl sites for hydroxylation is 1. The van der Waals surface area contributed by atoms with Crippen LogP contribution in [-0.4, -0.2) is 53.2 Å². The second-order valence-corrected chi connectivity index (χ2v) is 8.95. The highest BCUT2D eigenvalue weighted by Gasteiger charge is 2.43.